The monoisotopic (exact) mass is 345 g/mol. The van der Waals surface area contributed by atoms with Crippen molar-refractivity contribution in [3.05, 3.63) is 52.6 Å². The fraction of sp³-hybridized carbons (Fsp3) is 0.278. The molecule has 0 amide bonds. The standard InChI is InChI=1S/C18H17Cl2N3/c19-12-8-9-14(15(20)11-12)17-18(21-13-5-1-2-6-13)23-10-4-3-7-16(23)22-17/h3-4,7-11,13,21H,1-2,5-6H2. The molecule has 1 aliphatic rings. The number of nitrogens with one attached hydrogen (secondary N) is 1. The van der Waals surface area contributed by atoms with Gasteiger partial charge in [0.25, 0.3) is 0 Å². The molecule has 1 aromatic carbocycles. The molecule has 1 saturated carbocycles. The van der Waals surface area contributed by atoms with Gasteiger partial charge in [0.05, 0.1) is 5.02 Å². The van der Waals surface area contributed by atoms with Gasteiger partial charge in [0.2, 0.25) is 0 Å². The lowest BCUT2D eigenvalue weighted by atomic mass is 10.1. The first-order chi connectivity index (χ1) is 11.2. The molecule has 2 heterocycles. The van der Waals surface area contributed by atoms with Crippen molar-refractivity contribution in [3.63, 3.8) is 0 Å². The molecule has 1 fully saturated rings. The van der Waals surface area contributed by atoms with E-state index in [4.69, 9.17) is 28.2 Å². The highest BCUT2D eigenvalue weighted by Crippen LogP contribution is 2.36. The summed E-state index contributed by atoms with van der Waals surface area (Å²) in [5.74, 6) is 1.01. The van der Waals surface area contributed by atoms with Crippen LogP contribution >= 0.6 is 23.2 Å². The van der Waals surface area contributed by atoms with Crippen molar-refractivity contribution in [2.75, 3.05) is 5.32 Å². The summed E-state index contributed by atoms with van der Waals surface area (Å²) in [6.45, 7) is 0. The Morgan fingerprint density at radius 3 is 2.70 bits per heavy atom. The predicted molar refractivity (Wildman–Crippen MR) is 96.5 cm³/mol. The van der Waals surface area contributed by atoms with Crippen molar-refractivity contribution < 1.29 is 0 Å². The van der Waals surface area contributed by atoms with Gasteiger partial charge in [-0.25, -0.2) is 4.98 Å². The fourth-order valence-electron chi connectivity index (χ4n) is 3.27. The first-order valence-electron chi connectivity index (χ1n) is 7.91. The molecule has 1 N–H and O–H groups in total. The second-order valence-electron chi connectivity index (χ2n) is 5.99. The minimum atomic E-state index is 0.500. The van der Waals surface area contributed by atoms with E-state index in [1.807, 2.05) is 36.5 Å². The van der Waals surface area contributed by atoms with Crippen LogP contribution in [0, 0.1) is 0 Å². The molecule has 0 spiro atoms. The molecule has 23 heavy (non-hydrogen) atoms. The number of nitrogens with zero attached hydrogens (tertiary/aromatic N) is 2. The normalized spacial score (nSPS) is 15.4. The van der Waals surface area contributed by atoms with Crippen LogP contribution in [0.1, 0.15) is 25.7 Å². The highest BCUT2D eigenvalue weighted by Gasteiger charge is 2.21. The Bertz CT molecular complexity index is 851. The number of fused-ring (bicyclic) bond motifs is 1. The second-order valence-corrected chi connectivity index (χ2v) is 6.83. The van der Waals surface area contributed by atoms with Crippen molar-refractivity contribution in [2.45, 2.75) is 31.7 Å². The van der Waals surface area contributed by atoms with Crippen LogP contribution in [0.4, 0.5) is 5.82 Å². The fourth-order valence-corrected chi connectivity index (χ4v) is 3.76. The minimum absolute atomic E-state index is 0.500. The van der Waals surface area contributed by atoms with Gasteiger partial charge in [-0.05, 0) is 43.2 Å². The van der Waals surface area contributed by atoms with E-state index in [0.29, 0.717) is 16.1 Å². The van der Waals surface area contributed by atoms with Crippen LogP contribution in [0.25, 0.3) is 16.9 Å². The first kappa shape index (κ1) is 14.9. The molecule has 5 heteroatoms. The zero-order chi connectivity index (χ0) is 15.8. The Morgan fingerprint density at radius 2 is 1.91 bits per heavy atom. The van der Waals surface area contributed by atoms with E-state index in [1.54, 1.807) is 6.07 Å². The summed E-state index contributed by atoms with van der Waals surface area (Å²) >= 11 is 12.5. The minimum Gasteiger partial charge on any atom is -0.367 e. The van der Waals surface area contributed by atoms with Gasteiger partial charge in [-0.3, -0.25) is 4.40 Å². The van der Waals surface area contributed by atoms with Gasteiger partial charge in [-0.2, -0.15) is 0 Å². The SMILES string of the molecule is Clc1ccc(-c2nc3ccccn3c2NC2CCCC2)c(Cl)c1. The third-order valence-electron chi connectivity index (χ3n) is 4.41. The van der Waals surface area contributed by atoms with E-state index in [9.17, 15) is 0 Å². The number of imidazole rings is 1. The van der Waals surface area contributed by atoms with Crippen LogP contribution in [-0.2, 0) is 0 Å². The molecule has 0 bridgehead atoms. The molecule has 0 atom stereocenters. The zero-order valence-corrected chi connectivity index (χ0v) is 14.1. The zero-order valence-electron chi connectivity index (χ0n) is 12.6. The lowest BCUT2D eigenvalue weighted by Crippen LogP contribution is -2.16. The number of rotatable bonds is 3. The van der Waals surface area contributed by atoms with Crippen molar-refractivity contribution in [2.24, 2.45) is 0 Å². The number of hydrogen-bond donors (Lipinski definition) is 1. The highest BCUT2D eigenvalue weighted by atomic mass is 35.5. The quantitative estimate of drug-likeness (QED) is 0.663. The predicted octanol–water partition coefficient (Wildman–Crippen LogP) is 5.66. The summed E-state index contributed by atoms with van der Waals surface area (Å²) in [4.78, 5) is 4.79. The topological polar surface area (TPSA) is 29.3 Å². The number of benzene rings is 1. The van der Waals surface area contributed by atoms with Crippen LogP contribution in [0.5, 0.6) is 0 Å². The first-order valence-corrected chi connectivity index (χ1v) is 8.67. The molecular formula is C18H17Cl2N3. The second kappa shape index (κ2) is 6.06. The largest absolute Gasteiger partial charge is 0.367 e. The Kier molecular flexibility index (Phi) is 3.92. The Morgan fingerprint density at radius 1 is 1.09 bits per heavy atom. The van der Waals surface area contributed by atoms with E-state index in [1.165, 1.54) is 25.7 Å². The summed E-state index contributed by atoms with van der Waals surface area (Å²) in [5, 5.41) is 4.93. The third kappa shape index (κ3) is 2.79. The number of pyridine rings is 1. The molecule has 118 valence electrons. The Balaban J connectivity index is 1.87. The van der Waals surface area contributed by atoms with Gasteiger partial charge < -0.3 is 5.32 Å². The van der Waals surface area contributed by atoms with Gasteiger partial charge >= 0.3 is 0 Å². The van der Waals surface area contributed by atoms with Crippen LogP contribution < -0.4 is 5.32 Å². The van der Waals surface area contributed by atoms with E-state index in [-0.39, 0.29) is 0 Å². The summed E-state index contributed by atoms with van der Waals surface area (Å²) < 4.78 is 2.10. The molecule has 1 aliphatic carbocycles. The third-order valence-corrected chi connectivity index (χ3v) is 4.96. The number of halogens is 2. The highest BCUT2D eigenvalue weighted by molar-refractivity contribution is 6.36. The van der Waals surface area contributed by atoms with Gasteiger partial charge in [0.1, 0.15) is 17.2 Å². The molecule has 2 aromatic heterocycles. The average Bonchev–Trinajstić information content (AvgIpc) is 3.16. The smallest absolute Gasteiger partial charge is 0.139 e. The average molecular weight is 346 g/mol. The maximum atomic E-state index is 6.42. The summed E-state index contributed by atoms with van der Waals surface area (Å²) in [7, 11) is 0. The maximum absolute atomic E-state index is 6.42. The molecule has 0 aliphatic heterocycles. The maximum Gasteiger partial charge on any atom is 0.139 e. The van der Waals surface area contributed by atoms with Crippen LogP contribution in [0.3, 0.4) is 0 Å². The molecule has 3 aromatic rings. The van der Waals surface area contributed by atoms with E-state index < -0.39 is 0 Å². The lowest BCUT2D eigenvalue weighted by molar-refractivity contribution is 0.749. The summed E-state index contributed by atoms with van der Waals surface area (Å²) in [5.41, 5.74) is 2.69. The molecule has 0 radical (unpaired) electrons. The van der Waals surface area contributed by atoms with Crippen LogP contribution in [-0.4, -0.2) is 15.4 Å². The molecule has 0 saturated heterocycles. The molecule has 3 nitrogen and oxygen atoms in total. The number of aromatic nitrogens is 2. The van der Waals surface area contributed by atoms with E-state index >= 15 is 0 Å². The van der Waals surface area contributed by atoms with Gasteiger partial charge in [-0.15, -0.1) is 0 Å². The molecule has 0 unspecified atom stereocenters. The number of anilines is 1. The van der Waals surface area contributed by atoms with Crippen LogP contribution in [0.15, 0.2) is 42.6 Å². The lowest BCUT2D eigenvalue weighted by Gasteiger charge is -2.15. The van der Waals surface area contributed by atoms with Crippen molar-refractivity contribution in [1.29, 1.82) is 0 Å². The van der Waals surface area contributed by atoms with Gasteiger partial charge in [-0.1, -0.05) is 42.1 Å². The van der Waals surface area contributed by atoms with Gasteiger partial charge in [0.15, 0.2) is 0 Å². The summed E-state index contributed by atoms with van der Waals surface area (Å²) in [6.07, 6.45) is 7.01. The van der Waals surface area contributed by atoms with E-state index in [0.717, 1.165) is 22.7 Å². The van der Waals surface area contributed by atoms with Crippen molar-refractivity contribution in [1.82, 2.24) is 9.38 Å². The Hall–Kier alpha value is -1.71. The van der Waals surface area contributed by atoms with Gasteiger partial charge in [0, 0.05) is 22.8 Å². The Labute approximate surface area is 145 Å². The van der Waals surface area contributed by atoms with Crippen molar-refractivity contribution in [3.8, 4) is 11.3 Å². The van der Waals surface area contributed by atoms with E-state index in [2.05, 4.69) is 9.72 Å². The summed E-state index contributed by atoms with van der Waals surface area (Å²) in [6, 6.07) is 12.1. The van der Waals surface area contributed by atoms with Crippen molar-refractivity contribution >= 4 is 34.7 Å². The van der Waals surface area contributed by atoms with Crippen LogP contribution in [0.2, 0.25) is 10.0 Å². The molecule has 4 rings (SSSR count). The molecular weight excluding hydrogens is 329 g/mol. The number of hydrogen-bond acceptors (Lipinski definition) is 2.